The van der Waals surface area contributed by atoms with Crippen molar-refractivity contribution >= 4 is 17.8 Å². The molecule has 0 aromatic heterocycles. The first-order chi connectivity index (χ1) is 7.58. The molecule has 0 atom stereocenters. The smallest absolute Gasteiger partial charge is 0.277 e. The van der Waals surface area contributed by atoms with E-state index < -0.39 is 0 Å². The van der Waals surface area contributed by atoms with Gasteiger partial charge in [0.25, 0.3) is 5.91 Å². The average Bonchev–Trinajstić information content (AvgIpc) is 2.47. The second kappa shape index (κ2) is 3.89. The monoisotopic (exact) mass is 218 g/mol. The third-order valence-electron chi connectivity index (χ3n) is 2.44. The summed E-state index contributed by atoms with van der Waals surface area (Å²) in [7, 11) is 1.66. The van der Waals surface area contributed by atoms with Crippen LogP contribution in [0.1, 0.15) is 12.5 Å². The minimum Gasteiger partial charge on any atom is -0.298 e. The van der Waals surface area contributed by atoms with E-state index in [0.717, 1.165) is 0 Å². The summed E-state index contributed by atoms with van der Waals surface area (Å²) in [6.45, 7) is 1.75. The lowest BCUT2D eigenvalue weighted by Gasteiger charge is -2.05. The number of aliphatic imine (C=N–C) groups is 1. The summed E-state index contributed by atoms with van der Waals surface area (Å²) in [6, 6.07) is 6.05. The lowest BCUT2D eigenvalue weighted by atomic mass is 10.2. The molecular weight excluding hydrogens is 207 g/mol. The van der Waals surface area contributed by atoms with E-state index in [2.05, 4.69) is 4.99 Å². The highest BCUT2D eigenvalue weighted by molar-refractivity contribution is 6.13. The highest BCUT2D eigenvalue weighted by Gasteiger charge is 2.23. The van der Waals surface area contributed by atoms with E-state index in [-0.39, 0.29) is 11.7 Å². The van der Waals surface area contributed by atoms with Crippen molar-refractivity contribution in [2.45, 2.75) is 6.92 Å². The Kier molecular flexibility index (Phi) is 2.56. The summed E-state index contributed by atoms with van der Waals surface area (Å²) in [5, 5.41) is 0. The number of hydrogen-bond donors (Lipinski definition) is 0. The van der Waals surface area contributed by atoms with Gasteiger partial charge in [-0.25, -0.2) is 9.38 Å². The largest absolute Gasteiger partial charge is 0.298 e. The molecule has 0 spiro atoms. The molecule has 0 fully saturated rings. The van der Waals surface area contributed by atoms with E-state index in [9.17, 15) is 9.18 Å². The van der Waals surface area contributed by atoms with E-state index in [1.54, 1.807) is 32.2 Å². The topological polar surface area (TPSA) is 32.7 Å². The van der Waals surface area contributed by atoms with Crippen molar-refractivity contribution < 1.29 is 9.18 Å². The molecule has 1 aliphatic heterocycles. The molecule has 0 unspecified atom stereocenters. The maximum absolute atomic E-state index is 12.9. The first-order valence-corrected chi connectivity index (χ1v) is 4.88. The normalized spacial score (nSPS) is 18.2. The van der Waals surface area contributed by atoms with Crippen molar-refractivity contribution in [3.05, 3.63) is 41.3 Å². The molecular formula is C12H11FN2O. The molecule has 0 aliphatic carbocycles. The zero-order valence-electron chi connectivity index (χ0n) is 9.07. The summed E-state index contributed by atoms with van der Waals surface area (Å²) in [5.74, 6) is 0.156. The van der Waals surface area contributed by atoms with E-state index in [4.69, 9.17) is 0 Å². The molecule has 1 aromatic rings. The number of carbonyl (C=O) groups is 1. The minimum atomic E-state index is -0.325. The van der Waals surface area contributed by atoms with Crippen molar-refractivity contribution in [3.63, 3.8) is 0 Å². The van der Waals surface area contributed by atoms with Crippen LogP contribution in [0, 0.1) is 5.82 Å². The number of rotatable bonds is 1. The molecule has 2 rings (SSSR count). The second-order valence-corrected chi connectivity index (χ2v) is 3.61. The summed E-state index contributed by atoms with van der Waals surface area (Å²) in [5.41, 5.74) is 0.973. The van der Waals surface area contributed by atoms with E-state index in [1.165, 1.54) is 17.0 Å². The molecule has 0 bridgehead atoms. The zero-order valence-corrected chi connectivity index (χ0v) is 9.07. The van der Waals surface area contributed by atoms with E-state index >= 15 is 0 Å². The molecule has 1 aromatic carbocycles. The van der Waals surface area contributed by atoms with Crippen LogP contribution in [0.3, 0.4) is 0 Å². The van der Waals surface area contributed by atoms with Gasteiger partial charge in [0, 0.05) is 7.05 Å². The van der Waals surface area contributed by atoms with Gasteiger partial charge in [-0.1, -0.05) is 12.1 Å². The third kappa shape index (κ3) is 1.86. The number of nitrogens with zero attached hydrogens (tertiary/aromatic N) is 2. The van der Waals surface area contributed by atoms with Gasteiger partial charge < -0.3 is 0 Å². The number of likely N-dealkylation sites (N-methyl/N-ethyl adjacent to an activating group) is 1. The Morgan fingerprint density at radius 3 is 2.75 bits per heavy atom. The Labute approximate surface area is 92.9 Å². The quantitative estimate of drug-likeness (QED) is 0.664. The first-order valence-electron chi connectivity index (χ1n) is 4.88. The fourth-order valence-electron chi connectivity index (χ4n) is 1.46. The SMILES string of the molecule is CC1=N/C(=C/c2cccc(F)c2)C(=O)N1C. The van der Waals surface area contributed by atoms with Gasteiger partial charge in [0.05, 0.1) is 0 Å². The Bertz CT molecular complexity index is 505. The van der Waals surface area contributed by atoms with Crippen molar-refractivity contribution in [1.29, 1.82) is 0 Å². The van der Waals surface area contributed by atoms with Crippen LogP contribution in [-0.2, 0) is 4.79 Å². The summed E-state index contributed by atoms with van der Waals surface area (Å²) >= 11 is 0. The van der Waals surface area contributed by atoms with E-state index in [0.29, 0.717) is 17.1 Å². The number of hydrogen-bond acceptors (Lipinski definition) is 2. The predicted molar refractivity (Wildman–Crippen MR) is 60.3 cm³/mol. The minimum absolute atomic E-state index is 0.165. The number of carbonyl (C=O) groups excluding carboxylic acids is 1. The maximum atomic E-state index is 12.9. The summed E-state index contributed by atoms with van der Waals surface area (Å²) in [4.78, 5) is 17.2. The highest BCUT2D eigenvalue weighted by Crippen LogP contribution is 2.17. The summed E-state index contributed by atoms with van der Waals surface area (Å²) in [6.07, 6.45) is 1.58. The molecule has 82 valence electrons. The van der Waals surface area contributed by atoms with Gasteiger partial charge in [-0.15, -0.1) is 0 Å². The van der Waals surface area contributed by atoms with E-state index in [1.807, 2.05) is 0 Å². The third-order valence-corrected chi connectivity index (χ3v) is 2.44. The van der Waals surface area contributed by atoms with Crippen LogP contribution < -0.4 is 0 Å². The average molecular weight is 218 g/mol. The number of amidine groups is 1. The molecule has 0 N–H and O–H groups in total. The molecule has 0 radical (unpaired) electrons. The van der Waals surface area contributed by atoms with Crippen LogP contribution in [0.25, 0.3) is 6.08 Å². The highest BCUT2D eigenvalue weighted by atomic mass is 19.1. The number of benzene rings is 1. The van der Waals surface area contributed by atoms with Gasteiger partial charge >= 0.3 is 0 Å². The molecule has 0 saturated heterocycles. The van der Waals surface area contributed by atoms with Crippen molar-refractivity contribution in [2.24, 2.45) is 4.99 Å². The Balaban J connectivity index is 2.36. The van der Waals surface area contributed by atoms with Gasteiger partial charge in [-0.2, -0.15) is 0 Å². The van der Waals surface area contributed by atoms with Gasteiger partial charge in [-0.05, 0) is 30.7 Å². The van der Waals surface area contributed by atoms with Crippen LogP contribution in [0.4, 0.5) is 4.39 Å². The first kappa shape index (κ1) is 10.5. The zero-order chi connectivity index (χ0) is 11.7. The fraction of sp³-hybridized carbons (Fsp3) is 0.167. The van der Waals surface area contributed by atoms with Gasteiger partial charge in [0.15, 0.2) is 0 Å². The Morgan fingerprint density at radius 2 is 2.19 bits per heavy atom. The molecule has 0 saturated carbocycles. The fourth-order valence-corrected chi connectivity index (χ4v) is 1.46. The molecule has 1 amide bonds. The van der Waals surface area contributed by atoms with Crippen LogP contribution in [0.2, 0.25) is 0 Å². The van der Waals surface area contributed by atoms with Crippen LogP contribution in [0.5, 0.6) is 0 Å². The maximum Gasteiger partial charge on any atom is 0.277 e. The second-order valence-electron chi connectivity index (χ2n) is 3.61. The molecule has 1 heterocycles. The van der Waals surface area contributed by atoms with Gasteiger partial charge in [-0.3, -0.25) is 9.69 Å². The molecule has 1 aliphatic rings. The van der Waals surface area contributed by atoms with Crippen molar-refractivity contribution in [1.82, 2.24) is 4.90 Å². The van der Waals surface area contributed by atoms with Crippen LogP contribution >= 0.6 is 0 Å². The molecule has 16 heavy (non-hydrogen) atoms. The lowest BCUT2D eigenvalue weighted by Crippen LogP contribution is -2.25. The predicted octanol–water partition coefficient (Wildman–Crippen LogP) is 2.06. The molecule has 3 nitrogen and oxygen atoms in total. The summed E-state index contributed by atoms with van der Waals surface area (Å²) < 4.78 is 12.9. The Morgan fingerprint density at radius 1 is 1.44 bits per heavy atom. The number of amides is 1. The van der Waals surface area contributed by atoms with Crippen molar-refractivity contribution in [2.75, 3.05) is 7.05 Å². The van der Waals surface area contributed by atoms with Gasteiger partial charge in [0.1, 0.15) is 17.3 Å². The van der Waals surface area contributed by atoms with Crippen molar-refractivity contribution in [3.8, 4) is 0 Å². The lowest BCUT2D eigenvalue weighted by molar-refractivity contribution is -0.121. The Hall–Kier alpha value is -1.97. The molecule has 4 heteroatoms. The van der Waals surface area contributed by atoms with Crippen LogP contribution in [-0.4, -0.2) is 23.7 Å². The van der Waals surface area contributed by atoms with Crippen LogP contribution in [0.15, 0.2) is 35.0 Å². The number of halogens is 1. The standard InChI is InChI=1S/C12H11FN2O/c1-8-14-11(12(16)15(8)2)7-9-4-3-5-10(13)6-9/h3-7H,1-2H3/b11-7+. The van der Waals surface area contributed by atoms with Gasteiger partial charge in [0.2, 0.25) is 0 Å².